The lowest BCUT2D eigenvalue weighted by molar-refractivity contribution is 0.0324. The van der Waals surface area contributed by atoms with E-state index in [9.17, 15) is 4.79 Å². The van der Waals surface area contributed by atoms with Crippen LogP contribution in [-0.4, -0.2) is 47.1 Å². The second kappa shape index (κ2) is 9.88. The first-order valence-corrected chi connectivity index (χ1v) is 16.8. The van der Waals surface area contributed by atoms with Crippen LogP contribution in [0.3, 0.4) is 0 Å². The molecule has 1 amide bonds. The maximum atomic E-state index is 12.7. The topological polar surface area (TPSA) is 56.8 Å². The minimum atomic E-state index is -2.02. The van der Waals surface area contributed by atoms with E-state index in [0.29, 0.717) is 19.6 Å². The fraction of sp³-hybridized carbons (Fsp3) is 0.870. The minimum absolute atomic E-state index is 0.0686. The molecule has 0 saturated carbocycles. The van der Waals surface area contributed by atoms with Gasteiger partial charge in [-0.15, -0.1) is 6.58 Å². The lowest BCUT2D eigenvalue weighted by Crippen LogP contribution is -2.60. The SMILES string of the molecule is C=CCC(CO[Si](C)(C)C(C)(C)C)(CO[Si](C)(C)C(C)(C)C)NC(=O)OC(C)(C)C. The van der Waals surface area contributed by atoms with Crippen molar-refractivity contribution in [3.63, 3.8) is 0 Å². The van der Waals surface area contributed by atoms with Crippen LogP contribution >= 0.6 is 0 Å². The Bertz CT molecular complexity index is 551. The Morgan fingerprint density at radius 3 is 1.47 bits per heavy atom. The Balaban J connectivity index is 5.86. The normalized spacial score (nSPS) is 14.4. The third-order valence-corrected chi connectivity index (χ3v) is 15.3. The van der Waals surface area contributed by atoms with E-state index in [1.165, 1.54) is 0 Å². The minimum Gasteiger partial charge on any atom is -0.444 e. The van der Waals surface area contributed by atoms with Crippen LogP contribution in [0.25, 0.3) is 0 Å². The summed E-state index contributed by atoms with van der Waals surface area (Å²) in [6.45, 7) is 32.4. The molecule has 0 bridgehead atoms. The molecule has 0 aliphatic heterocycles. The van der Waals surface area contributed by atoms with Crippen LogP contribution in [0.15, 0.2) is 12.7 Å². The van der Waals surface area contributed by atoms with Crippen molar-refractivity contribution in [3.05, 3.63) is 12.7 Å². The molecule has 0 aliphatic rings. The van der Waals surface area contributed by atoms with Crippen LogP contribution in [0.1, 0.15) is 68.7 Å². The zero-order valence-corrected chi connectivity index (χ0v) is 24.0. The largest absolute Gasteiger partial charge is 0.444 e. The number of carbonyl (C=O) groups is 1. The van der Waals surface area contributed by atoms with Crippen LogP contribution in [0.4, 0.5) is 4.79 Å². The van der Waals surface area contributed by atoms with Gasteiger partial charge in [0.1, 0.15) is 5.60 Å². The van der Waals surface area contributed by atoms with E-state index in [1.54, 1.807) is 0 Å². The number of amides is 1. The third kappa shape index (κ3) is 9.24. The summed E-state index contributed by atoms with van der Waals surface area (Å²) in [6.07, 6.45) is 1.90. The van der Waals surface area contributed by atoms with Crippen LogP contribution in [0.5, 0.6) is 0 Å². The van der Waals surface area contributed by atoms with Gasteiger partial charge in [0.2, 0.25) is 0 Å². The van der Waals surface area contributed by atoms with Crippen molar-refractivity contribution in [2.75, 3.05) is 13.2 Å². The summed E-state index contributed by atoms with van der Waals surface area (Å²) < 4.78 is 18.7. The summed E-state index contributed by atoms with van der Waals surface area (Å²) >= 11 is 0. The maximum Gasteiger partial charge on any atom is 0.408 e. The number of alkyl carbamates (subject to hydrolysis) is 1. The van der Waals surface area contributed by atoms with Crippen molar-refractivity contribution in [1.29, 1.82) is 0 Å². The average Bonchev–Trinajstić information content (AvgIpc) is 2.47. The number of carbonyl (C=O) groups excluding carboxylic acids is 1. The first-order valence-electron chi connectivity index (χ1n) is 11.0. The molecule has 5 nitrogen and oxygen atoms in total. The average molecular weight is 460 g/mol. The van der Waals surface area contributed by atoms with Gasteiger partial charge < -0.3 is 18.9 Å². The summed E-state index contributed by atoms with van der Waals surface area (Å²) in [7, 11) is -4.05. The summed E-state index contributed by atoms with van der Waals surface area (Å²) in [6, 6.07) is 0. The van der Waals surface area contributed by atoms with Gasteiger partial charge >= 0.3 is 6.09 Å². The van der Waals surface area contributed by atoms with Crippen molar-refractivity contribution in [3.8, 4) is 0 Å². The first-order chi connectivity index (χ1) is 13.1. The van der Waals surface area contributed by atoms with E-state index in [4.69, 9.17) is 13.6 Å². The molecule has 0 aromatic heterocycles. The zero-order valence-electron chi connectivity index (χ0n) is 22.0. The number of nitrogens with one attached hydrogen (secondary N) is 1. The highest BCUT2D eigenvalue weighted by Gasteiger charge is 2.44. The van der Waals surface area contributed by atoms with E-state index >= 15 is 0 Å². The van der Waals surface area contributed by atoms with E-state index < -0.39 is 33.9 Å². The summed E-state index contributed by atoms with van der Waals surface area (Å²) in [5.41, 5.74) is -1.31. The molecular formula is C23H49NO4Si2. The van der Waals surface area contributed by atoms with Crippen molar-refractivity contribution in [2.45, 2.75) is 116 Å². The van der Waals surface area contributed by atoms with Gasteiger partial charge in [0.25, 0.3) is 0 Å². The molecule has 0 unspecified atom stereocenters. The molecule has 7 heteroatoms. The molecule has 0 fully saturated rings. The second-order valence-electron chi connectivity index (χ2n) is 12.5. The molecule has 0 heterocycles. The van der Waals surface area contributed by atoms with Crippen LogP contribution < -0.4 is 5.32 Å². The summed E-state index contributed by atoms with van der Waals surface area (Å²) in [5.74, 6) is 0. The molecule has 1 N–H and O–H groups in total. The maximum absolute atomic E-state index is 12.7. The van der Waals surface area contributed by atoms with Crippen LogP contribution in [0, 0.1) is 0 Å². The Morgan fingerprint density at radius 1 is 0.833 bits per heavy atom. The van der Waals surface area contributed by atoms with Gasteiger partial charge in [0.05, 0.1) is 18.8 Å². The molecular weight excluding hydrogens is 410 g/mol. The van der Waals surface area contributed by atoms with Crippen molar-refractivity contribution < 1.29 is 18.4 Å². The van der Waals surface area contributed by atoms with E-state index in [2.05, 4.69) is 79.6 Å². The number of hydrogen-bond acceptors (Lipinski definition) is 4. The Kier molecular flexibility index (Phi) is 9.67. The van der Waals surface area contributed by atoms with E-state index in [0.717, 1.165) is 0 Å². The van der Waals surface area contributed by atoms with Crippen molar-refractivity contribution >= 4 is 22.7 Å². The highest BCUT2D eigenvalue weighted by Crippen LogP contribution is 2.39. The van der Waals surface area contributed by atoms with Crippen LogP contribution in [0.2, 0.25) is 36.3 Å². The smallest absolute Gasteiger partial charge is 0.408 e. The van der Waals surface area contributed by atoms with Crippen LogP contribution in [-0.2, 0) is 13.6 Å². The predicted octanol–water partition coefficient (Wildman–Crippen LogP) is 6.87. The molecule has 0 aliphatic carbocycles. The Morgan fingerprint density at radius 2 is 1.20 bits per heavy atom. The highest BCUT2D eigenvalue weighted by molar-refractivity contribution is 6.74. The summed E-state index contributed by atoms with van der Waals surface area (Å²) in [4.78, 5) is 12.7. The van der Waals surface area contributed by atoms with Gasteiger partial charge in [-0.2, -0.15) is 0 Å². The molecule has 0 radical (unpaired) electrons. The van der Waals surface area contributed by atoms with E-state index in [1.807, 2.05) is 26.8 Å². The number of hydrogen-bond donors (Lipinski definition) is 1. The van der Waals surface area contributed by atoms with Crippen molar-refractivity contribution in [2.24, 2.45) is 0 Å². The van der Waals surface area contributed by atoms with Gasteiger partial charge in [0, 0.05) is 0 Å². The lowest BCUT2D eigenvalue weighted by Gasteiger charge is -2.44. The van der Waals surface area contributed by atoms with Crippen molar-refractivity contribution in [1.82, 2.24) is 5.32 Å². The quantitative estimate of drug-likeness (QED) is 0.302. The molecule has 0 aromatic rings. The fourth-order valence-corrected chi connectivity index (χ4v) is 4.29. The molecule has 30 heavy (non-hydrogen) atoms. The number of rotatable bonds is 9. The van der Waals surface area contributed by atoms with Gasteiger partial charge in [-0.25, -0.2) is 4.79 Å². The molecule has 0 aromatic carbocycles. The van der Waals surface area contributed by atoms with Gasteiger partial charge in [-0.3, -0.25) is 0 Å². The Hall–Kier alpha value is -0.636. The standard InChI is InChI=1S/C23H49NO4Si2/c1-15-16-23(24-19(25)28-20(2,3)4,17-26-29(11,12)21(5,6)7)18-27-30(13,14)22(8,9)10/h15H,1,16-18H2,2-14H3,(H,24,25). The predicted molar refractivity (Wildman–Crippen MR) is 133 cm³/mol. The molecule has 0 saturated heterocycles. The van der Waals surface area contributed by atoms with E-state index in [-0.39, 0.29) is 10.1 Å². The van der Waals surface area contributed by atoms with Gasteiger partial charge in [0.15, 0.2) is 16.6 Å². The summed E-state index contributed by atoms with van der Waals surface area (Å²) in [5, 5.41) is 3.24. The first kappa shape index (κ1) is 29.4. The lowest BCUT2D eigenvalue weighted by atomic mass is 9.98. The molecule has 0 spiro atoms. The Labute approximate surface area is 188 Å². The molecule has 0 rings (SSSR count). The van der Waals surface area contributed by atoms with Gasteiger partial charge in [-0.05, 0) is 63.5 Å². The highest BCUT2D eigenvalue weighted by atomic mass is 28.4. The molecule has 0 atom stereocenters. The molecule has 178 valence electrons. The van der Waals surface area contributed by atoms with Gasteiger partial charge in [-0.1, -0.05) is 47.6 Å². The second-order valence-corrected chi connectivity index (χ2v) is 22.1. The fourth-order valence-electron chi connectivity index (χ4n) is 2.15. The third-order valence-electron chi connectivity index (χ3n) is 6.33. The number of ether oxygens (including phenoxy) is 1. The monoisotopic (exact) mass is 459 g/mol. The zero-order chi connectivity index (χ0) is 24.2.